The van der Waals surface area contributed by atoms with Crippen LogP contribution in [0.25, 0.3) is 0 Å². The second-order valence-corrected chi connectivity index (χ2v) is 9.70. The van der Waals surface area contributed by atoms with Crippen LogP contribution in [0.4, 0.5) is 0 Å². The van der Waals surface area contributed by atoms with E-state index < -0.39 is 22.0 Å². The fourth-order valence-corrected chi connectivity index (χ4v) is 5.34. The first-order valence-corrected chi connectivity index (χ1v) is 11.5. The molecule has 1 aliphatic rings. The van der Waals surface area contributed by atoms with Crippen LogP contribution in [0, 0.1) is 0 Å². The van der Waals surface area contributed by atoms with Gasteiger partial charge in [0.05, 0.1) is 22.7 Å². The van der Waals surface area contributed by atoms with Crippen molar-refractivity contribution in [3.8, 4) is 11.5 Å². The third-order valence-electron chi connectivity index (χ3n) is 4.59. The SMILES string of the molecule is COc1cc(/C=N/NC(=O)C2CCCN2S(=O)(=O)c2ccc(Cl)cc2)cc(Br)c1O. The van der Waals surface area contributed by atoms with Gasteiger partial charge in [-0.25, -0.2) is 13.8 Å². The second-order valence-electron chi connectivity index (χ2n) is 6.52. The van der Waals surface area contributed by atoms with Crippen LogP contribution >= 0.6 is 27.5 Å². The molecule has 0 radical (unpaired) electrons. The highest BCUT2D eigenvalue weighted by molar-refractivity contribution is 9.10. The summed E-state index contributed by atoms with van der Waals surface area (Å²) in [5.41, 5.74) is 2.96. The molecule has 0 aliphatic carbocycles. The molecule has 1 atom stereocenters. The average molecular weight is 517 g/mol. The van der Waals surface area contributed by atoms with Crippen LogP contribution < -0.4 is 10.2 Å². The number of nitrogens with zero attached hydrogens (tertiary/aromatic N) is 2. The Morgan fingerprint density at radius 1 is 1.37 bits per heavy atom. The number of hydrogen-bond donors (Lipinski definition) is 2. The van der Waals surface area contributed by atoms with Gasteiger partial charge in [0.2, 0.25) is 10.0 Å². The Morgan fingerprint density at radius 2 is 2.07 bits per heavy atom. The predicted octanol–water partition coefficient (Wildman–Crippen LogP) is 3.12. The van der Waals surface area contributed by atoms with Gasteiger partial charge in [-0.15, -0.1) is 0 Å². The largest absolute Gasteiger partial charge is 0.503 e. The maximum Gasteiger partial charge on any atom is 0.258 e. The topological polar surface area (TPSA) is 108 Å². The lowest BCUT2D eigenvalue weighted by Gasteiger charge is -2.22. The number of phenolic OH excluding ortho intramolecular Hbond substituents is 1. The Kier molecular flexibility index (Phi) is 7.02. The number of carbonyl (C=O) groups is 1. The van der Waals surface area contributed by atoms with E-state index in [2.05, 4.69) is 26.5 Å². The first-order valence-electron chi connectivity index (χ1n) is 8.91. The molecule has 2 N–H and O–H groups in total. The van der Waals surface area contributed by atoms with Crippen molar-refractivity contribution in [2.45, 2.75) is 23.8 Å². The number of rotatable bonds is 6. The van der Waals surface area contributed by atoms with Crippen LogP contribution in [0.5, 0.6) is 11.5 Å². The van der Waals surface area contributed by atoms with Crippen molar-refractivity contribution in [1.82, 2.24) is 9.73 Å². The zero-order chi connectivity index (χ0) is 21.9. The fourth-order valence-electron chi connectivity index (χ4n) is 3.10. The minimum absolute atomic E-state index is 0.0484. The number of carbonyl (C=O) groups excluding carboxylic acids is 1. The zero-order valence-electron chi connectivity index (χ0n) is 15.9. The second kappa shape index (κ2) is 9.34. The molecule has 0 saturated carbocycles. The summed E-state index contributed by atoms with van der Waals surface area (Å²) in [6.45, 7) is 0.245. The van der Waals surface area contributed by atoms with E-state index in [1.54, 1.807) is 12.1 Å². The van der Waals surface area contributed by atoms with E-state index in [9.17, 15) is 18.3 Å². The van der Waals surface area contributed by atoms with E-state index in [1.165, 1.54) is 41.9 Å². The molecule has 160 valence electrons. The van der Waals surface area contributed by atoms with Gasteiger partial charge in [0.1, 0.15) is 6.04 Å². The minimum Gasteiger partial charge on any atom is -0.503 e. The van der Waals surface area contributed by atoms with Gasteiger partial charge in [-0.05, 0) is 70.7 Å². The number of ether oxygens (including phenoxy) is 1. The summed E-state index contributed by atoms with van der Waals surface area (Å²) in [4.78, 5) is 12.7. The number of amides is 1. The van der Waals surface area contributed by atoms with Gasteiger partial charge in [0.25, 0.3) is 5.91 Å². The number of benzene rings is 2. The van der Waals surface area contributed by atoms with Gasteiger partial charge < -0.3 is 9.84 Å². The normalized spacial score (nSPS) is 17.4. The number of hydrazone groups is 1. The molecule has 1 saturated heterocycles. The van der Waals surface area contributed by atoms with Crippen molar-refractivity contribution in [2.24, 2.45) is 5.10 Å². The predicted molar refractivity (Wildman–Crippen MR) is 116 cm³/mol. The summed E-state index contributed by atoms with van der Waals surface area (Å²) in [7, 11) is -2.42. The lowest BCUT2D eigenvalue weighted by atomic mass is 10.2. The van der Waals surface area contributed by atoms with Crippen LogP contribution in [0.3, 0.4) is 0 Å². The Bertz CT molecular complexity index is 1080. The highest BCUT2D eigenvalue weighted by Gasteiger charge is 2.39. The molecular weight excluding hydrogens is 498 g/mol. The van der Waals surface area contributed by atoms with Crippen molar-refractivity contribution in [3.05, 3.63) is 51.5 Å². The molecule has 11 heteroatoms. The minimum atomic E-state index is -3.83. The molecule has 1 aliphatic heterocycles. The quantitative estimate of drug-likeness (QED) is 0.453. The first kappa shape index (κ1) is 22.5. The van der Waals surface area contributed by atoms with E-state index >= 15 is 0 Å². The van der Waals surface area contributed by atoms with Crippen LogP contribution in [0.15, 0.2) is 50.9 Å². The van der Waals surface area contributed by atoms with E-state index in [4.69, 9.17) is 16.3 Å². The highest BCUT2D eigenvalue weighted by Crippen LogP contribution is 2.34. The molecule has 1 unspecified atom stereocenters. The Morgan fingerprint density at radius 3 is 2.73 bits per heavy atom. The third kappa shape index (κ3) is 4.77. The molecule has 1 amide bonds. The van der Waals surface area contributed by atoms with Crippen molar-refractivity contribution in [3.63, 3.8) is 0 Å². The van der Waals surface area contributed by atoms with Crippen LogP contribution in [0.1, 0.15) is 18.4 Å². The van der Waals surface area contributed by atoms with Crippen molar-refractivity contribution >= 4 is 49.7 Å². The molecule has 3 rings (SSSR count). The lowest BCUT2D eigenvalue weighted by molar-refractivity contribution is -0.124. The van der Waals surface area contributed by atoms with Crippen LogP contribution in [-0.4, -0.2) is 49.6 Å². The number of nitrogens with one attached hydrogen (secondary N) is 1. The van der Waals surface area contributed by atoms with E-state index in [1.807, 2.05) is 0 Å². The number of hydrogen-bond acceptors (Lipinski definition) is 6. The molecule has 0 aromatic heterocycles. The summed E-state index contributed by atoms with van der Waals surface area (Å²) in [6.07, 6.45) is 2.33. The van der Waals surface area contributed by atoms with Crippen LogP contribution in [0.2, 0.25) is 5.02 Å². The van der Waals surface area contributed by atoms with Gasteiger partial charge in [-0.2, -0.15) is 9.41 Å². The molecule has 0 bridgehead atoms. The third-order valence-corrected chi connectivity index (χ3v) is 7.36. The Balaban J connectivity index is 1.73. The summed E-state index contributed by atoms with van der Waals surface area (Å²) < 4.78 is 32.5. The number of phenols is 1. The van der Waals surface area contributed by atoms with Gasteiger partial charge in [0.15, 0.2) is 11.5 Å². The molecule has 30 heavy (non-hydrogen) atoms. The lowest BCUT2D eigenvalue weighted by Crippen LogP contribution is -2.44. The van der Waals surface area contributed by atoms with Gasteiger partial charge in [0, 0.05) is 11.6 Å². The summed E-state index contributed by atoms with van der Waals surface area (Å²) in [6, 6.07) is 8.10. The van der Waals surface area contributed by atoms with E-state index in [0.29, 0.717) is 27.9 Å². The molecule has 2 aromatic rings. The monoisotopic (exact) mass is 515 g/mol. The maximum absolute atomic E-state index is 12.9. The molecule has 1 heterocycles. The summed E-state index contributed by atoms with van der Waals surface area (Å²) >= 11 is 9.04. The molecule has 0 spiro atoms. The van der Waals surface area contributed by atoms with Crippen molar-refractivity contribution < 1.29 is 23.1 Å². The van der Waals surface area contributed by atoms with E-state index in [0.717, 1.165) is 0 Å². The zero-order valence-corrected chi connectivity index (χ0v) is 19.0. The summed E-state index contributed by atoms with van der Waals surface area (Å²) in [5.74, 6) is -0.327. The van der Waals surface area contributed by atoms with Crippen LogP contribution in [-0.2, 0) is 14.8 Å². The average Bonchev–Trinajstić information content (AvgIpc) is 3.21. The fraction of sp³-hybridized carbons (Fsp3) is 0.263. The van der Waals surface area contributed by atoms with Gasteiger partial charge in [-0.3, -0.25) is 4.79 Å². The van der Waals surface area contributed by atoms with Gasteiger partial charge >= 0.3 is 0 Å². The molecular formula is C19H19BrClN3O5S. The Hall–Kier alpha value is -2.14. The first-order chi connectivity index (χ1) is 14.2. The number of methoxy groups -OCH3 is 1. The molecule has 2 aromatic carbocycles. The number of aromatic hydroxyl groups is 1. The van der Waals surface area contributed by atoms with Crippen molar-refractivity contribution in [2.75, 3.05) is 13.7 Å². The summed E-state index contributed by atoms with van der Waals surface area (Å²) in [5, 5.41) is 14.2. The standard InChI is InChI=1S/C19H19BrClN3O5S/c1-29-17-10-12(9-15(20)18(17)25)11-22-23-19(26)16-3-2-8-24(16)30(27,28)14-6-4-13(21)5-7-14/h4-7,9-11,16,25H,2-3,8H2,1H3,(H,23,26)/b22-11+. The highest BCUT2D eigenvalue weighted by atomic mass is 79.9. The maximum atomic E-state index is 12.9. The molecule has 8 nitrogen and oxygen atoms in total. The van der Waals surface area contributed by atoms with E-state index in [-0.39, 0.29) is 22.9 Å². The number of halogens is 2. The Labute approximate surface area is 187 Å². The smallest absolute Gasteiger partial charge is 0.258 e. The van der Waals surface area contributed by atoms with Gasteiger partial charge in [-0.1, -0.05) is 11.6 Å². The van der Waals surface area contributed by atoms with Crippen molar-refractivity contribution in [1.29, 1.82) is 0 Å². The number of sulfonamides is 1. The molecule has 1 fully saturated rings.